The monoisotopic (exact) mass is 306 g/mol. The second-order valence-electron chi connectivity index (χ2n) is 2.70. The van der Waals surface area contributed by atoms with E-state index in [4.69, 9.17) is 11.6 Å². The van der Waals surface area contributed by atoms with Crippen LogP contribution in [-0.2, 0) is 0 Å². The molecule has 0 nitrogen and oxygen atoms in total. The molecule has 2 aromatic rings. The van der Waals surface area contributed by atoms with Gasteiger partial charge in [0.25, 0.3) is 0 Å². The molecule has 0 amide bonds. The molecule has 0 aliphatic heterocycles. The van der Waals surface area contributed by atoms with Crippen LogP contribution in [0.4, 0.5) is 4.39 Å². The second-order valence-corrected chi connectivity index (χ2v) is 4.27. The molecule has 0 aliphatic rings. The molecule has 0 atom stereocenters. The first-order valence-electron chi connectivity index (χ1n) is 3.72. The standard InChI is InChI=1S/C10H5ClFI/c11-8-5-9(13)10(12)7-4-2-1-3-6(7)8/h1-5H. The SMILES string of the molecule is Fc1c(I)cc(Cl)c2ccccc12. The van der Waals surface area contributed by atoms with E-state index in [1.807, 2.05) is 34.7 Å². The van der Waals surface area contributed by atoms with Crippen molar-refractivity contribution >= 4 is 45.0 Å². The summed E-state index contributed by atoms with van der Waals surface area (Å²) in [4.78, 5) is 0. The molecule has 3 heteroatoms. The van der Waals surface area contributed by atoms with Gasteiger partial charge < -0.3 is 0 Å². The second kappa shape index (κ2) is 3.42. The first-order valence-corrected chi connectivity index (χ1v) is 5.18. The molecule has 0 aromatic heterocycles. The highest BCUT2D eigenvalue weighted by molar-refractivity contribution is 14.1. The van der Waals surface area contributed by atoms with Gasteiger partial charge in [-0.3, -0.25) is 0 Å². The van der Waals surface area contributed by atoms with Crippen molar-refractivity contribution in [1.29, 1.82) is 0 Å². The molecule has 0 fully saturated rings. The van der Waals surface area contributed by atoms with Crippen LogP contribution in [0.15, 0.2) is 30.3 Å². The van der Waals surface area contributed by atoms with Crippen LogP contribution >= 0.6 is 34.2 Å². The van der Waals surface area contributed by atoms with Crippen molar-refractivity contribution in [3.63, 3.8) is 0 Å². The molecule has 66 valence electrons. The summed E-state index contributed by atoms with van der Waals surface area (Å²) in [5, 5.41) is 1.95. The van der Waals surface area contributed by atoms with Gasteiger partial charge in [-0.15, -0.1) is 0 Å². The third kappa shape index (κ3) is 1.53. The van der Waals surface area contributed by atoms with Crippen molar-refractivity contribution < 1.29 is 4.39 Å². The molecular weight excluding hydrogens is 301 g/mol. The van der Waals surface area contributed by atoms with Gasteiger partial charge in [0.05, 0.1) is 3.57 Å². The van der Waals surface area contributed by atoms with E-state index in [1.165, 1.54) is 0 Å². The third-order valence-electron chi connectivity index (χ3n) is 1.88. The highest BCUT2D eigenvalue weighted by Gasteiger charge is 2.07. The average molecular weight is 307 g/mol. The maximum Gasteiger partial charge on any atom is 0.144 e. The minimum atomic E-state index is -0.194. The summed E-state index contributed by atoms with van der Waals surface area (Å²) in [6, 6.07) is 8.84. The predicted molar refractivity (Wildman–Crippen MR) is 61.6 cm³/mol. The number of rotatable bonds is 0. The van der Waals surface area contributed by atoms with Crippen LogP contribution in [0.5, 0.6) is 0 Å². The van der Waals surface area contributed by atoms with E-state index in [9.17, 15) is 4.39 Å². The van der Waals surface area contributed by atoms with Crippen LogP contribution in [0.2, 0.25) is 5.02 Å². The van der Waals surface area contributed by atoms with Crippen molar-refractivity contribution in [2.75, 3.05) is 0 Å². The minimum Gasteiger partial charge on any atom is -0.205 e. The highest BCUT2D eigenvalue weighted by atomic mass is 127. The first kappa shape index (κ1) is 9.21. The van der Waals surface area contributed by atoms with Crippen molar-refractivity contribution in [1.82, 2.24) is 0 Å². The Morgan fingerprint density at radius 3 is 2.46 bits per heavy atom. The molecule has 0 spiro atoms. The summed E-state index contributed by atoms with van der Waals surface area (Å²) >= 11 is 7.90. The van der Waals surface area contributed by atoms with Gasteiger partial charge in [0.15, 0.2) is 0 Å². The van der Waals surface area contributed by atoms with Crippen LogP contribution in [0.3, 0.4) is 0 Å². The molecule has 0 heterocycles. The molecule has 0 unspecified atom stereocenters. The number of halogens is 3. The van der Waals surface area contributed by atoms with Crippen LogP contribution in [0.1, 0.15) is 0 Å². The van der Waals surface area contributed by atoms with Gasteiger partial charge >= 0.3 is 0 Å². The Labute approximate surface area is 93.8 Å². The zero-order valence-electron chi connectivity index (χ0n) is 6.52. The van der Waals surface area contributed by atoms with E-state index in [0.717, 1.165) is 5.39 Å². The Morgan fingerprint density at radius 1 is 1.15 bits per heavy atom. The zero-order chi connectivity index (χ0) is 9.42. The lowest BCUT2D eigenvalue weighted by molar-refractivity contribution is 0.632. The number of benzene rings is 2. The number of hydrogen-bond acceptors (Lipinski definition) is 0. The molecule has 0 saturated heterocycles. The fourth-order valence-corrected chi connectivity index (χ4v) is 2.32. The lowest BCUT2D eigenvalue weighted by Gasteiger charge is -2.03. The maximum absolute atomic E-state index is 13.5. The molecule has 13 heavy (non-hydrogen) atoms. The molecule has 0 N–H and O–H groups in total. The van der Waals surface area contributed by atoms with Crippen LogP contribution in [0, 0.1) is 9.39 Å². The van der Waals surface area contributed by atoms with Gasteiger partial charge in [-0.25, -0.2) is 4.39 Å². The predicted octanol–water partition coefficient (Wildman–Crippen LogP) is 4.24. The Morgan fingerprint density at radius 2 is 1.77 bits per heavy atom. The molecule has 0 bridgehead atoms. The van der Waals surface area contributed by atoms with Gasteiger partial charge in [0.2, 0.25) is 0 Å². The van der Waals surface area contributed by atoms with Gasteiger partial charge in [0, 0.05) is 15.8 Å². The van der Waals surface area contributed by atoms with Gasteiger partial charge in [-0.2, -0.15) is 0 Å². The first-order chi connectivity index (χ1) is 6.20. The highest BCUT2D eigenvalue weighted by Crippen LogP contribution is 2.28. The van der Waals surface area contributed by atoms with E-state index < -0.39 is 0 Å². The topological polar surface area (TPSA) is 0 Å². The summed E-state index contributed by atoms with van der Waals surface area (Å²) < 4.78 is 14.1. The molecule has 0 saturated carbocycles. The van der Waals surface area contributed by atoms with Crippen molar-refractivity contribution in [3.05, 3.63) is 44.7 Å². The van der Waals surface area contributed by atoms with E-state index in [2.05, 4.69) is 0 Å². The van der Waals surface area contributed by atoms with Gasteiger partial charge in [-0.05, 0) is 28.7 Å². The summed E-state index contributed by atoms with van der Waals surface area (Å²) in [6.07, 6.45) is 0. The van der Waals surface area contributed by atoms with Gasteiger partial charge in [0.1, 0.15) is 5.82 Å². The largest absolute Gasteiger partial charge is 0.205 e. The van der Waals surface area contributed by atoms with E-state index in [0.29, 0.717) is 14.0 Å². The Hall–Kier alpha value is -0.350. The van der Waals surface area contributed by atoms with Crippen molar-refractivity contribution in [2.45, 2.75) is 0 Å². The van der Waals surface area contributed by atoms with Crippen molar-refractivity contribution in [3.8, 4) is 0 Å². The lowest BCUT2D eigenvalue weighted by Crippen LogP contribution is -1.85. The fourth-order valence-electron chi connectivity index (χ4n) is 1.26. The molecule has 2 aromatic carbocycles. The smallest absolute Gasteiger partial charge is 0.144 e. The zero-order valence-corrected chi connectivity index (χ0v) is 9.43. The van der Waals surface area contributed by atoms with Crippen LogP contribution in [-0.4, -0.2) is 0 Å². The quantitative estimate of drug-likeness (QED) is 0.504. The summed E-state index contributed by atoms with van der Waals surface area (Å²) in [6.45, 7) is 0. The molecule has 2 rings (SSSR count). The summed E-state index contributed by atoms with van der Waals surface area (Å²) in [5.41, 5.74) is 0. The number of hydrogen-bond donors (Lipinski definition) is 0. The lowest BCUT2D eigenvalue weighted by atomic mass is 10.1. The molecule has 0 radical (unpaired) electrons. The normalized spacial score (nSPS) is 10.7. The fraction of sp³-hybridized carbons (Fsp3) is 0. The summed E-state index contributed by atoms with van der Waals surface area (Å²) in [5.74, 6) is -0.194. The van der Waals surface area contributed by atoms with Crippen LogP contribution < -0.4 is 0 Å². The van der Waals surface area contributed by atoms with E-state index in [1.54, 1.807) is 18.2 Å². The minimum absolute atomic E-state index is 0.194. The molecular formula is C10H5ClFI. The van der Waals surface area contributed by atoms with Crippen LogP contribution in [0.25, 0.3) is 10.8 Å². The van der Waals surface area contributed by atoms with E-state index >= 15 is 0 Å². The average Bonchev–Trinajstić information content (AvgIpc) is 2.15. The Kier molecular flexibility index (Phi) is 2.43. The van der Waals surface area contributed by atoms with Gasteiger partial charge in [-0.1, -0.05) is 35.9 Å². The Bertz CT molecular complexity index is 468. The number of fused-ring (bicyclic) bond motifs is 1. The summed E-state index contributed by atoms with van der Waals surface area (Å²) in [7, 11) is 0. The van der Waals surface area contributed by atoms with Crippen molar-refractivity contribution in [2.24, 2.45) is 0 Å². The molecule has 0 aliphatic carbocycles. The maximum atomic E-state index is 13.5. The third-order valence-corrected chi connectivity index (χ3v) is 2.98. The Balaban J connectivity index is 2.97. The van der Waals surface area contributed by atoms with E-state index in [-0.39, 0.29) is 5.82 Å².